The second-order valence-corrected chi connectivity index (χ2v) is 5.56. The Balaban J connectivity index is 2.32. The summed E-state index contributed by atoms with van der Waals surface area (Å²) in [5.74, 6) is -0.869. The summed E-state index contributed by atoms with van der Waals surface area (Å²) < 4.78 is 1.86. The summed E-state index contributed by atoms with van der Waals surface area (Å²) in [7, 11) is 0. The van der Waals surface area contributed by atoms with Crippen LogP contribution in [0.25, 0.3) is 5.52 Å². The minimum absolute atomic E-state index is 0.0824. The lowest BCUT2D eigenvalue weighted by molar-refractivity contribution is -0.126. The zero-order valence-electron chi connectivity index (χ0n) is 12.6. The molecule has 112 valence electrons. The van der Waals surface area contributed by atoms with E-state index in [1.165, 1.54) is 0 Å². The van der Waals surface area contributed by atoms with Crippen molar-refractivity contribution in [1.29, 1.82) is 0 Å². The largest absolute Gasteiger partial charge is 0.368 e. The number of primary amides is 1. The third-order valence-electron chi connectivity index (χ3n) is 4.09. The van der Waals surface area contributed by atoms with Gasteiger partial charge in [-0.15, -0.1) is 0 Å². The monoisotopic (exact) mass is 287 g/mol. The van der Waals surface area contributed by atoms with Crippen molar-refractivity contribution in [3.63, 3.8) is 0 Å². The summed E-state index contributed by atoms with van der Waals surface area (Å²) in [5.41, 5.74) is 5.94. The van der Waals surface area contributed by atoms with E-state index in [4.69, 9.17) is 5.73 Å². The van der Waals surface area contributed by atoms with Crippen molar-refractivity contribution in [1.82, 2.24) is 9.72 Å². The van der Waals surface area contributed by atoms with Gasteiger partial charge in [-0.2, -0.15) is 0 Å². The molecular weight excluding hydrogens is 266 g/mol. The van der Waals surface area contributed by atoms with Crippen LogP contribution in [0.3, 0.4) is 0 Å². The normalized spacial score (nSPS) is 14.1. The molecule has 0 aliphatic heterocycles. The molecule has 3 N–H and O–H groups in total. The van der Waals surface area contributed by atoms with E-state index in [-0.39, 0.29) is 11.8 Å². The van der Waals surface area contributed by atoms with Gasteiger partial charge < -0.3 is 15.5 Å². The zero-order chi connectivity index (χ0) is 15.6. The Morgan fingerprint density at radius 3 is 2.62 bits per heavy atom. The molecule has 5 heteroatoms. The summed E-state index contributed by atoms with van der Waals surface area (Å²) in [4.78, 5) is 24.3. The van der Waals surface area contributed by atoms with Crippen molar-refractivity contribution in [3.8, 4) is 0 Å². The van der Waals surface area contributed by atoms with E-state index in [0.29, 0.717) is 12.0 Å². The Morgan fingerprint density at radius 1 is 1.38 bits per heavy atom. The molecule has 2 aromatic rings. The van der Waals surface area contributed by atoms with Crippen LogP contribution in [-0.2, 0) is 4.79 Å². The summed E-state index contributed by atoms with van der Waals surface area (Å²) in [6, 6.07) is 7.50. The average Bonchev–Trinajstić information content (AvgIpc) is 2.87. The molecule has 2 aromatic heterocycles. The highest BCUT2D eigenvalue weighted by Gasteiger charge is 2.39. The molecule has 0 unspecified atom stereocenters. The molecule has 0 spiro atoms. The van der Waals surface area contributed by atoms with Crippen LogP contribution in [0.15, 0.2) is 36.7 Å². The molecule has 21 heavy (non-hydrogen) atoms. The number of pyridine rings is 1. The van der Waals surface area contributed by atoms with Crippen molar-refractivity contribution in [2.24, 2.45) is 11.7 Å². The topological polar surface area (TPSA) is 76.6 Å². The fourth-order valence-electron chi connectivity index (χ4n) is 2.62. The van der Waals surface area contributed by atoms with Crippen molar-refractivity contribution < 1.29 is 9.59 Å². The SMILES string of the molecule is CC[C@@](NC(=O)c1cc2ccccn2c1)(C(N)=O)C(C)C. The van der Waals surface area contributed by atoms with E-state index in [1.54, 1.807) is 12.3 Å². The van der Waals surface area contributed by atoms with Gasteiger partial charge in [0.15, 0.2) is 0 Å². The van der Waals surface area contributed by atoms with E-state index in [1.807, 2.05) is 49.6 Å². The third-order valence-corrected chi connectivity index (χ3v) is 4.09. The molecule has 2 rings (SSSR count). The molecule has 0 radical (unpaired) electrons. The fourth-order valence-corrected chi connectivity index (χ4v) is 2.62. The number of fused-ring (bicyclic) bond motifs is 1. The summed E-state index contributed by atoms with van der Waals surface area (Å²) in [6.07, 6.45) is 4.07. The number of carbonyl (C=O) groups excluding carboxylic acids is 2. The van der Waals surface area contributed by atoms with Crippen LogP contribution in [0.1, 0.15) is 37.6 Å². The number of aromatic nitrogens is 1. The van der Waals surface area contributed by atoms with E-state index in [9.17, 15) is 9.59 Å². The van der Waals surface area contributed by atoms with Gasteiger partial charge in [0.1, 0.15) is 5.54 Å². The molecule has 2 amide bonds. The number of carbonyl (C=O) groups is 2. The van der Waals surface area contributed by atoms with Gasteiger partial charge in [0, 0.05) is 17.9 Å². The minimum Gasteiger partial charge on any atom is -0.368 e. The summed E-state index contributed by atoms with van der Waals surface area (Å²) in [6.45, 7) is 5.61. The minimum atomic E-state index is -1.02. The van der Waals surface area contributed by atoms with Gasteiger partial charge in [0.05, 0.1) is 5.56 Å². The van der Waals surface area contributed by atoms with Gasteiger partial charge in [0.2, 0.25) is 5.91 Å². The van der Waals surface area contributed by atoms with Crippen LogP contribution < -0.4 is 11.1 Å². The number of hydrogen-bond acceptors (Lipinski definition) is 2. The van der Waals surface area contributed by atoms with E-state index < -0.39 is 11.4 Å². The van der Waals surface area contributed by atoms with Crippen LogP contribution in [0.5, 0.6) is 0 Å². The van der Waals surface area contributed by atoms with Crippen LogP contribution in [0.4, 0.5) is 0 Å². The number of nitrogens with zero attached hydrogens (tertiary/aromatic N) is 1. The zero-order valence-corrected chi connectivity index (χ0v) is 12.6. The Hall–Kier alpha value is -2.30. The quantitative estimate of drug-likeness (QED) is 0.882. The van der Waals surface area contributed by atoms with Gasteiger partial charge in [-0.25, -0.2) is 0 Å². The molecule has 0 bridgehead atoms. The molecule has 5 nitrogen and oxygen atoms in total. The fraction of sp³-hybridized carbons (Fsp3) is 0.375. The van der Waals surface area contributed by atoms with Gasteiger partial charge >= 0.3 is 0 Å². The van der Waals surface area contributed by atoms with Crippen LogP contribution >= 0.6 is 0 Å². The first-order valence-corrected chi connectivity index (χ1v) is 7.10. The predicted octanol–water partition coefficient (Wildman–Crippen LogP) is 1.96. The molecule has 0 aliphatic carbocycles. The molecule has 0 saturated carbocycles. The molecule has 0 saturated heterocycles. The van der Waals surface area contributed by atoms with Gasteiger partial charge in [0.25, 0.3) is 5.91 Å². The standard InChI is InChI=1S/C16H21N3O2/c1-4-16(11(2)3,15(17)21)18-14(20)12-9-13-7-5-6-8-19(13)10-12/h5-11H,4H2,1-3H3,(H2,17,21)(H,18,20)/t16-/m0/s1. The smallest absolute Gasteiger partial charge is 0.253 e. The average molecular weight is 287 g/mol. The van der Waals surface area contributed by atoms with Gasteiger partial charge in [-0.3, -0.25) is 9.59 Å². The summed E-state index contributed by atoms with van der Waals surface area (Å²) in [5, 5.41) is 2.83. The van der Waals surface area contributed by atoms with Crippen molar-refractivity contribution in [2.45, 2.75) is 32.7 Å². The number of nitrogens with two attached hydrogens (primary N) is 1. The second-order valence-electron chi connectivity index (χ2n) is 5.56. The van der Waals surface area contributed by atoms with Gasteiger partial charge in [-0.1, -0.05) is 26.8 Å². The van der Waals surface area contributed by atoms with Crippen LogP contribution in [-0.4, -0.2) is 21.8 Å². The molecular formula is C16H21N3O2. The van der Waals surface area contributed by atoms with Crippen molar-refractivity contribution in [3.05, 3.63) is 42.2 Å². The molecule has 1 atom stereocenters. The van der Waals surface area contributed by atoms with Crippen LogP contribution in [0.2, 0.25) is 0 Å². The maximum atomic E-state index is 12.5. The van der Waals surface area contributed by atoms with E-state index >= 15 is 0 Å². The first kappa shape index (κ1) is 15.1. The number of amides is 2. The molecule has 0 aromatic carbocycles. The Kier molecular flexibility index (Phi) is 4.02. The predicted molar refractivity (Wildman–Crippen MR) is 81.9 cm³/mol. The number of rotatable bonds is 5. The third kappa shape index (κ3) is 2.63. The lowest BCUT2D eigenvalue weighted by Crippen LogP contribution is -2.60. The second kappa shape index (κ2) is 5.60. The van der Waals surface area contributed by atoms with E-state index in [0.717, 1.165) is 5.52 Å². The first-order chi connectivity index (χ1) is 9.90. The highest BCUT2D eigenvalue weighted by Crippen LogP contribution is 2.22. The van der Waals surface area contributed by atoms with E-state index in [2.05, 4.69) is 5.32 Å². The Morgan fingerprint density at radius 2 is 2.10 bits per heavy atom. The number of nitrogens with one attached hydrogen (secondary N) is 1. The lowest BCUT2D eigenvalue weighted by atomic mass is 9.83. The highest BCUT2D eigenvalue weighted by molar-refractivity contribution is 6.00. The Bertz CT molecular complexity index is 642. The first-order valence-electron chi connectivity index (χ1n) is 7.10. The van der Waals surface area contributed by atoms with Crippen molar-refractivity contribution >= 4 is 17.3 Å². The van der Waals surface area contributed by atoms with Crippen molar-refractivity contribution in [2.75, 3.05) is 0 Å². The van der Waals surface area contributed by atoms with Crippen LogP contribution in [0, 0.1) is 5.92 Å². The molecule has 2 heterocycles. The Labute approximate surface area is 124 Å². The highest BCUT2D eigenvalue weighted by atomic mass is 16.2. The number of hydrogen-bond donors (Lipinski definition) is 2. The molecule has 0 fully saturated rings. The van der Waals surface area contributed by atoms with Gasteiger partial charge in [-0.05, 0) is 30.5 Å². The maximum Gasteiger partial charge on any atom is 0.253 e. The maximum absolute atomic E-state index is 12.5. The summed E-state index contributed by atoms with van der Waals surface area (Å²) >= 11 is 0. The molecule has 0 aliphatic rings. The lowest BCUT2D eigenvalue weighted by Gasteiger charge is -2.34.